The predicted molar refractivity (Wildman–Crippen MR) is 103 cm³/mol. The van der Waals surface area contributed by atoms with Crippen LogP contribution in [0.2, 0.25) is 5.02 Å². The first-order valence-electron chi connectivity index (χ1n) is 8.69. The van der Waals surface area contributed by atoms with Crippen molar-refractivity contribution in [3.05, 3.63) is 46.2 Å². The highest BCUT2D eigenvalue weighted by Gasteiger charge is 2.12. The van der Waals surface area contributed by atoms with E-state index < -0.39 is 0 Å². The SMILES string of the molecule is CCN(CCNC(=O)c1ccc(-n2nc(C)c(Cl)c2C)cc1)C(C)C. The summed E-state index contributed by atoms with van der Waals surface area (Å²) in [6.45, 7) is 12.7. The number of likely N-dealkylation sites (N-methyl/N-ethyl adjacent to an activating group) is 1. The number of hydrogen-bond donors (Lipinski definition) is 1. The Morgan fingerprint density at radius 2 is 1.92 bits per heavy atom. The van der Waals surface area contributed by atoms with Crippen LogP contribution < -0.4 is 5.32 Å². The van der Waals surface area contributed by atoms with Gasteiger partial charge in [0.1, 0.15) is 0 Å². The molecule has 0 aliphatic carbocycles. The summed E-state index contributed by atoms with van der Waals surface area (Å²) in [6, 6.07) is 7.88. The van der Waals surface area contributed by atoms with E-state index in [0.29, 0.717) is 23.2 Å². The highest BCUT2D eigenvalue weighted by atomic mass is 35.5. The van der Waals surface area contributed by atoms with Crippen LogP contribution in [-0.2, 0) is 0 Å². The summed E-state index contributed by atoms with van der Waals surface area (Å²) in [5, 5.41) is 8.08. The lowest BCUT2D eigenvalue weighted by molar-refractivity contribution is 0.0946. The number of aryl methyl sites for hydroxylation is 1. The van der Waals surface area contributed by atoms with Gasteiger partial charge in [0.05, 0.1) is 22.1 Å². The molecule has 0 fully saturated rings. The minimum atomic E-state index is -0.0576. The molecule has 0 saturated heterocycles. The summed E-state index contributed by atoms with van der Waals surface area (Å²) >= 11 is 6.20. The maximum absolute atomic E-state index is 12.3. The standard InChI is InChI=1S/C19H27ClN4O/c1-6-23(13(2)3)12-11-21-19(25)16-7-9-17(10-8-16)24-15(5)18(20)14(4)22-24/h7-10,13H,6,11-12H2,1-5H3,(H,21,25). The van der Waals surface area contributed by atoms with Gasteiger partial charge in [0.25, 0.3) is 5.91 Å². The molecular weight excluding hydrogens is 336 g/mol. The molecule has 25 heavy (non-hydrogen) atoms. The molecule has 136 valence electrons. The van der Waals surface area contributed by atoms with Crippen molar-refractivity contribution in [2.75, 3.05) is 19.6 Å². The first-order chi connectivity index (χ1) is 11.8. The normalized spacial score (nSPS) is 11.4. The van der Waals surface area contributed by atoms with E-state index in [1.807, 2.05) is 38.1 Å². The maximum atomic E-state index is 12.3. The number of amides is 1. The van der Waals surface area contributed by atoms with Crippen molar-refractivity contribution in [2.24, 2.45) is 0 Å². The van der Waals surface area contributed by atoms with Crippen LogP contribution in [0.25, 0.3) is 5.69 Å². The number of carbonyl (C=O) groups is 1. The molecule has 1 aromatic heterocycles. The Morgan fingerprint density at radius 3 is 2.40 bits per heavy atom. The fourth-order valence-corrected chi connectivity index (χ4v) is 2.94. The lowest BCUT2D eigenvalue weighted by Gasteiger charge is -2.24. The first-order valence-corrected chi connectivity index (χ1v) is 9.07. The summed E-state index contributed by atoms with van der Waals surface area (Å²) in [7, 11) is 0. The smallest absolute Gasteiger partial charge is 0.251 e. The molecule has 1 heterocycles. The van der Waals surface area contributed by atoms with Crippen LogP contribution in [0.3, 0.4) is 0 Å². The van der Waals surface area contributed by atoms with Crippen LogP contribution in [0.15, 0.2) is 24.3 Å². The third kappa shape index (κ3) is 4.61. The Hall–Kier alpha value is -1.85. The fourth-order valence-electron chi connectivity index (χ4n) is 2.83. The van der Waals surface area contributed by atoms with Crippen LogP contribution in [0.5, 0.6) is 0 Å². The Balaban J connectivity index is 1.99. The quantitative estimate of drug-likeness (QED) is 0.818. The Kier molecular flexibility index (Phi) is 6.62. The average molecular weight is 363 g/mol. The number of halogens is 1. The molecule has 5 nitrogen and oxygen atoms in total. The Morgan fingerprint density at radius 1 is 1.28 bits per heavy atom. The highest BCUT2D eigenvalue weighted by molar-refractivity contribution is 6.31. The second-order valence-corrected chi connectivity index (χ2v) is 6.80. The van der Waals surface area contributed by atoms with Crippen LogP contribution in [-0.4, -0.2) is 46.3 Å². The minimum Gasteiger partial charge on any atom is -0.351 e. The van der Waals surface area contributed by atoms with E-state index in [9.17, 15) is 4.79 Å². The van der Waals surface area contributed by atoms with E-state index >= 15 is 0 Å². The molecule has 0 unspecified atom stereocenters. The van der Waals surface area contributed by atoms with Gasteiger partial charge in [-0.25, -0.2) is 4.68 Å². The fraction of sp³-hybridized carbons (Fsp3) is 0.474. The van der Waals surface area contributed by atoms with Crippen LogP contribution in [0, 0.1) is 13.8 Å². The maximum Gasteiger partial charge on any atom is 0.251 e. The van der Waals surface area contributed by atoms with Crippen molar-refractivity contribution >= 4 is 17.5 Å². The summed E-state index contributed by atoms with van der Waals surface area (Å²) in [4.78, 5) is 14.6. The van der Waals surface area contributed by atoms with Gasteiger partial charge >= 0.3 is 0 Å². The number of nitrogens with zero attached hydrogens (tertiary/aromatic N) is 3. The minimum absolute atomic E-state index is 0.0576. The molecule has 0 radical (unpaired) electrons. The van der Waals surface area contributed by atoms with Crippen LogP contribution >= 0.6 is 11.6 Å². The molecule has 6 heteroatoms. The molecule has 0 aliphatic heterocycles. The molecule has 2 rings (SSSR count). The van der Waals surface area contributed by atoms with Gasteiger partial charge in [-0.15, -0.1) is 0 Å². The number of benzene rings is 1. The molecule has 0 spiro atoms. The van der Waals surface area contributed by atoms with Gasteiger partial charge in [-0.1, -0.05) is 18.5 Å². The van der Waals surface area contributed by atoms with E-state index in [1.165, 1.54) is 0 Å². The number of nitrogens with one attached hydrogen (secondary N) is 1. The zero-order valence-electron chi connectivity index (χ0n) is 15.6. The Labute approximate surface area is 155 Å². The number of hydrogen-bond acceptors (Lipinski definition) is 3. The van der Waals surface area contributed by atoms with Crippen molar-refractivity contribution in [1.82, 2.24) is 20.0 Å². The monoisotopic (exact) mass is 362 g/mol. The van der Waals surface area contributed by atoms with Gasteiger partial charge in [-0.3, -0.25) is 9.69 Å². The van der Waals surface area contributed by atoms with Crippen LogP contribution in [0.1, 0.15) is 42.5 Å². The molecule has 1 aromatic carbocycles. The van der Waals surface area contributed by atoms with Crippen molar-refractivity contribution in [3.8, 4) is 5.69 Å². The first kappa shape index (κ1) is 19.5. The van der Waals surface area contributed by atoms with Crippen LogP contribution in [0.4, 0.5) is 0 Å². The van der Waals surface area contributed by atoms with Crippen molar-refractivity contribution in [1.29, 1.82) is 0 Å². The van der Waals surface area contributed by atoms with Crippen molar-refractivity contribution < 1.29 is 4.79 Å². The molecule has 1 amide bonds. The second kappa shape index (κ2) is 8.50. The molecule has 2 aromatic rings. The Bertz CT molecular complexity index is 722. The summed E-state index contributed by atoms with van der Waals surface area (Å²) in [5.74, 6) is -0.0576. The number of aromatic nitrogens is 2. The molecule has 0 saturated carbocycles. The molecule has 0 atom stereocenters. The average Bonchev–Trinajstić information content (AvgIpc) is 2.86. The van der Waals surface area contributed by atoms with E-state index in [1.54, 1.807) is 4.68 Å². The van der Waals surface area contributed by atoms with Gasteiger partial charge < -0.3 is 5.32 Å². The zero-order chi connectivity index (χ0) is 18.6. The zero-order valence-corrected chi connectivity index (χ0v) is 16.4. The van der Waals surface area contributed by atoms with Crippen molar-refractivity contribution in [2.45, 2.75) is 40.7 Å². The third-order valence-corrected chi connectivity index (χ3v) is 4.95. The van der Waals surface area contributed by atoms with Gasteiger partial charge in [-0.05, 0) is 58.5 Å². The van der Waals surface area contributed by atoms with Gasteiger partial charge in [-0.2, -0.15) is 5.10 Å². The highest BCUT2D eigenvalue weighted by Crippen LogP contribution is 2.22. The lowest BCUT2D eigenvalue weighted by atomic mass is 10.2. The van der Waals surface area contributed by atoms with E-state index in [4.69, 9.17) is 11.6 Å². The van der Waals surface area contributed by atoms with E-state index in [-0.39, 0.29) is 5.91 Å². The third-order valence-electron chi connectivity index (χ3n) is 4.40. The van der Waals surface area contributed by atoms with E-state index in [2.05, 4.69) is 36.1 Å². The number of rotatable bonds is 7. The molecule has 1 N–H and O–H groups in total. The summed E-state index contributed by atoms with van der Waals surface area (Å²) in [6.07, 6.45) is 0. The second-order valence-electron chi connectivity index (χ2n) is 6.42. The van der Waals surface area contributed by atoms with Crippen molar-refractivity contribution in [3.63, 3.8) is 0 Å². The van der Waals surface area contributed by atoms with E-state index in [0.717, 1.165) is 30.2 Å². The largest absolute Gasteiger partial charge is 0.351 e. The molecular formula is C19H27ClN4O. The van der Waals surface area contributed by atoms with Gasteiger partial charge in [0.15, 0.2) is 0 Å². The molecule has 0 bridgehead atoms. The predicted octanol–water partition coefficient (Wildman–Crippen LogP) is 3.60. The van der Waals surface area contributed by atoms with Gasteiger partial charge in [0.2, 0.25) is 0 Å². The topological polar surface area (TPSA) is 50.2 Å². The summed E-state index contributed by atoms with van der Waals surface area (Å²) in [5.41, 5.74) is 3.22. The number of carbonyl (C=O) groups excluding carboxylic acids is 1. The molecule has 0 aliphatic rings. The summed E-state index contributed by atoms with van der Waals surface area (Å²) < 4.78 is 1.79. The lowest BCUT2D eigenvalue weighted by Crippen LogP contribution is -2.38. The van der Waals surface area contributed by atoms with Gasteiger partial charge in [0, 0.05) is 24.7 Å².